The molecule has 0 spiro atoms. The van der Waals surface area contributed by atoms with Crippen LogP contribution in [0, 0.1) is 5.92 Å². The number of carboxylic acids is 1. The topological polar surface area (TPSA) is 69.6 Å². The largest absolute Gasteiger partial charge is 0.481 e. The Morgan fingerprint density at radius 3 is 2.85 bits per heavy atom. The number of nitrogens with zero attached hydrogens (tertiary/aromatic N) is 1. The molecule has 0 aromatic carbocycles. The first-order valence-corrected chi connectivity index (χ1v) is 7.74. The number of piperidine rings is 1. The van der Waals surface area contributed by atoms with Crippen LogP contribution in [0.2, 0.25) is 0 Å². The SMILES string of the molecule is CCCC(C)NC(=O)CN1CCCC(CCC(=O)O)C1. The first-order chi connectivity index (χ1) is 9.51. The highest BCUT2D eigenvalue weighted by Gasteiger charge is 2.22. The van der Waals surface area contributed by atoms with Crippen molar-refractivity contribution in [3.05, 3.63) is 0 Å². The lowest BCUT2D eigenvalue weighted by Gasteiger charge is -2.32. The van der Waals surface area contributed by atoms with Crippen LogP contribution in [0.1, 0.15) is 52.4 Å². The summed E-state index contributed by atoms with van der Waals surface area (Å²) >= 11 is 0. The van der Waals surface area contributed by atoms with E-state index in [9.17, 15) is 9.59 Å². The van der Waals surface area contributed by atoms with Crippen molar-refractivity contribution in [2.75, 3.05) is 19.6 Å². The van der Waals surface area contributed by atoms with E-state index < -0.39 is 5.97 Å². The Hall–Kier alpha value is -1.10. The summed E-state index contributed by atoms with van der Waals surface area (Å²) in [5, 5.41) is 11.7. The van der Waals surface area contributed by atoms with Gasteiger partial charge >= 0.3 is 5.97 Å². The lowest BCUT2D eigenvalue weighted by atomic mass is 9.93. The summed E-state index contributed by atoms with van der Waals surface area (Å²) in [6, 6.07) is 0.236. The van der Waals surface area contributed by atoms with Gasteiger partial charge in [-0.15, -0.1) is 0 Å². The molecule has 20 heavy (non-hydrogen) atoms. The molecule has 2 unspecified atom stereocenters. The van der Waals surface area contributed by atoms with E-state index in [4.69, 9.17) is 5.11 Å². The van der Waals surface area contributed by atoms with Crippen molar-refractivity contribution in [1.82, 2.24) is 10.2 Å². The number of carboxylic acid groups (broad SMARTS) is 1. The van der Waals surface area contributed by atoms with Gasteiger partial charge < -0.3 is 10.4 Å². The lowest BCUT2D eigenvalue weighted by Crippen LogP contribution is -2.44. The van der Waals surface area contributed by atoms with E-state index >= 15 is 0 Å². The fraction of sp³-hybridized carbons (Fsp3) is 0.867. The third-order valence-corrected chi connectivity index (χ3v) is 3.87. The molecule has 0 aromatic heterocycles. The van der Waals surface area contributed by atoms with Gasteiger partial charge in [-0.1, -0.05) is 13.3 Å². The molecule has 1 amide bonds. The summed E-state index contributed by atoms with van der Waals surface area (Å²) in [6.45, 7) is 6.38. The molecule has 0 saturated carbocycles. The van der Waals surface area contributed by atoms with Crippen LogP contribution in [0.15, 0.2) is 0 Å². The molecular weight excluding hydrogens is 256 g/mol. The highest BCUT2D eigenvalue weighted by molar-refractivity contribution is 5.78. The summed E-state index contributed by atoms with van der Waals surface area (Å²) < 4.78 is 0. The molecule has 1 saturated heterocycles. The van der Waals surface area contributed by atoms with Crippen molar-refractivity contribution >= 4 is 11.9 Å². The van der Waals surface area contributed by atoms with Gasteiger partial charge in [0.15, 0.2) is 0 Å². The molecule has 0 bridgehead atoms. The van der Waals surface area contributed by atoms with E-state index in [2.05, 4.69) is 17.1 Å². The van der Waals surface area contributed by atoms with E-state index in [1.807, 2.05) is 6.92 Å². The zero-order valence-electron chi connectivity index (χ0n) is 12.7. The maximum Gasteiger partial charge on any atom is 0.303 e. The Balaban J connectivity index is 2.28. The molecule has 0 aromatic rings. The zero-order chi connectivity index (χ0) is 15.0. The normalized spacial score (nSPS) is 21.4. The molecule has 1 fully saturated rings. The molecule has 2 atom stereocenters. The maximum absolute atomic E-state index is 11.9. The third kappa shape index (κ3) is 6.89. The molecule has 0 aliphatic carbocycles. The molecule has 1 rings (SSSR count). The number of hydrogen-bond donors (Lipinski definition) is 2. The predicted octanol–water partition coefficient (Wildman–Crippen LogP) is 1.87. The Morgan fingerprint density at radius 2 is 2.20 bits per heavy atom. The molecular formula is C15H28N2O3. The fourth-order valence-electron chi connectivity index (χ4n) is 2.89. The van der Waals surface area contributed by atoms with E-state index in [0.29, 0.717) is 12.5 Å². The van der Waals surface area contributed by atoms with Crippen molar-refractivity contribution in [3.63, 3.8) is 0 Å². The summed E-state index contributed by atoms with van der Waals surface area (Å²) in [5.41, 5.74) is 0. The van der Waals surface area contributed by atoms with E-state index in [-0.39, 0.29) is 18.4 Å². The maximum atomic E-state index is 11.9. The van der Waals surface area contributed by atoms with Crippen LogP contribution in [0.3, 0.4) is 0 Å². The first-order valence-electron chi connectivity index (χ1n) is 7.74. The molecule has 1 aliphatic rings. The number of rotatable bonds is 8. The van der Waals surface area contributed by atoms with Crippen LogP contribution in [-0.4, -0.2) is 47.6 Å². The molecule has 2 N–H and O–H groups in total. The molecule has 5 nitrogen and oxygen atoms in total. The van der Waals surface area contributed by atoms with Crippen LogP contribution in [0.4, 0.5) is 0 Å². The second kappa shape index (κ2) is 8.95. The summed E-state index contributed by atoms with van der Waals surface area (Å²) in [6.07, 6.45) is 5.17. The van der Waals surface area contributed by atoms with Gasteiger partial charge in [-0.25, -0.2) is 0 Å². The summed E-state index contributed by atoms with van der Waals surface area (Å²) in [4.78, 5) is 24.7. The summed E-state index contributed by atoms with van der Waals surface area (Å²) in [7, 11) is 0. The lowest BCUT2D eigenvalue weighted by molar-refractivity contribution is -0.137. The van der Waals surface area contributed by atoms with Crippen molar-refractivity contribution in [1.29, 1.82) is 0 Å². The molecule has 5 heteroatoms. The van der Waals surface area contributed by atoms with Gasteiger partial charge in [-0.3, -0.25) is 14.5 Å². The fourth-order valence-corrected chi connectivity index (χ4v) is 2.89. The number of carbonyl (C=O) groups is 2. The Morgan fingerprint density at radius 1 is 1.45 bits per heavy atom. The van der Waals surface area contributed by atoms with Crippen molar-refractivity contribution in [2.24, 2.45) is 5.92 Å². The standard InChI is InChI=1S/C15H28N2O3/c1-3-5-12(2)16-14(18)11-17-9-4-6-13(10-17)7-8-15(19)20/h12-13H,3-11H2,1-2H3,(H,16,18)(H,19,20). The Kier molecular flexibility index (Phi) is 7.59. The molecule has 116 valence electrons. The molecule has 1 aliphatic heterocycles. The minimum Gasteiger partial charge on any atom is -0.481 e. The minimum absolute atomic E-state index is 0.0878. The van der Waals surface area contributed by atoms with Crippen LogP contribution in [-0.2, 0) is 9.59 Å². The van der Waals surface area contributed by atoms with Crippen molar-refractivity contribution < 1.29 is 14.7 Å². The van der Waals surface area contributed by atoms with Crippen molar-refractivity contribution in [3.8, 4) is 0 Å². The van der Waals surface area contributed by atoms with Gasteiger partial charge in [0.05, 0.1) is 6.54 Å². The molecule has 1 heterocycles. The first kappa shape index (κ1) is 17.0. The van der Waals surface area contributed by atoms with Crippen LogP contribution >= 0.6 is 0 Å². The van der Waals surface area contributed by atoms with Crippen LogP contribution in [0.5, 0.6) is 0 Å². The smallest absolute Gasteiger partial charge is 0.303 e. The number of likely N-dealkylation sites (tertiary alicyclic amines) is 1. The van der Waals surface area contributed by atoms with Gasteiger partial charge in [-0.2, -0.15) is 0 Å². The minimum atomic E-state index is -0.728. The second-order valence-corrected chi connectivity index (χ2v) is 5.93. The quantitative estimate of drug-likeness (QED) is 0.714. The number of aliphatic carboxylic acids is 1. The van der Waals surface area contributed by atoms with Crippen LogP contribution < -0.4 is 5.32 Å². The van der Waals surface area contributed by atoms with E-state index in [0.717, 1.165) is 45.2 Å². The van der Waals surface area contributed by atoms with E-state index in [1.165, 1.54) is 0 Å². The predicted molar refractivity (Wildman–Crippen MR) is 78.5 cm³/mol. The van der Waals surface area contributed by atoms with Gasteiger partial charge in [0.25, 0.3) is 0 Å². The monoisotopic (exact) mass is 284 g/mol. The number of amides is 1. The number of hydrogen-bond acceptors (Lipinski definition) is 3. The van der Waals surface area contributed by atoms with Gasteiger partial charge in [0.1, 0.15) is 0 Å². The third-order valence-electron chi connectivity index (χ3n) is 3.87. The zero-order valence-corrected chi connectivity index (χ0v) is 12.7. The number of nitrogens with one attached hydrogen (secondary N) is 1. The average Bonchev–Trinajstić information content (AvgIpc) is 2.36. The Bertz CT molecular complexity index is 320. The van der Waals surface area contributed by atoms with Crippen LogP contribution in [0.25, 0.3) is 0 Å². The van der Waals surface area contributed by atoms with Gasteiger partial charge in [0.2, 0.25) is 5.91 Å². The molecule has 0 radical (unpaired) electrons. The summed E-state index contributed by atoms with van der Waals surface area (Å²) in [5.74, 6) is -0.223. The van der Waals surface area contributed by atoms with E-state index in [1.54, 1.807) is 0 Å². The van der Waals surface area contributed by atoms with Gasteiger partial charge in [0, 0.05) is 19.0 Å². The highest BCUT2D eigenvalue weighted by Crippen LogP contribution is 2.20. The average molecular weight is 284 g/mol. The Labute approximate surface area is 121 Å². The highest BCUT2D eigenvalue weighted by atomic mass is 16.4. The van der Waals surface area contributed by atoms with Gasteiger partial charge in [-0.05, 0) is 45.1 Å². The number of carbonyl (C=O) groups excluding carboxylic acids is 1. The second-order valence-electron chi connectivity index (χ2n) is 5.93. The van der Waals surface area contributed by atoms with Crippen molar-refractivity contribution in [2.45, 2.75) is 58.4 Å².